The highest BCUT2D eigenvalue weighted by molar-refractivity contribution is 5.79. The molecule has 1 amide bonds. The van der Waals surface area contributed by atoms with Crippen molar-refractivity contribution in [3.05, 3.63) is 35.4 Å². The van der Waals surface area contributed by atoms with E-state index in [1.807, 2.05) is 39.0 Å². The Balaban J connectivity index is 2.73. The number of nitrogens with one attached hydrogen (secondary N) is 1. The van der Waals surface area contributed by atoms with Crippen molar-refractivity contribution < 1.29 is 4.79 Å². The van der Waals surface area contributed by atoms with E-state index in [1.54, 1.807) is 0 Å². The van der Waals surface area contributed by atoms with Crippen LogP contribution in [0.5, 0.6) is 0 Å². The van der Waals surface area contributed by atoms with Crippen LogP contribution in [0.4, 0.5) is 0 Å². The molecule has 1 unspecified atom stereocenters. The average Bonchev–Trinajstić information content (AvgIpc) is 2.29. The van der Waals surface area contributed by atoms with Crippen molar-refractivity contribution in [2.45, 2.75) is 33.7 Å². The first kappa shape index (κ1) is 14.7. The van der Waals surface area contributed by atoms with E-state index < -0.39 is 0 Å². The molecule has 2 atom stereocenters. The number of hydrogen-bond donors (Lipinski definition) is 2. The maximum absolute atomic E-state index is 12.1. The van der Waals surface area contributed by atoms with Gasteiger partial charge in [-0.15, -0.1) is 0 Å². The SMILES string of the molecule is Cc1ccccc1[C@H](C)NC(=O)C(CN)C(C)C. The Labute approximate surface area is 110 Å². The lowest BCUT2D eigenvalue weighted by molar-refractivity contribution is -0.126. The van der Waals surface area contributed by atoms with Crippen molar-refractivity contribution in [2.75, 3.05) is 6.54 Å². The topological polar surface area (TPSA) is 55.1 Å². The monoisotopic (exact) mass is 248 g/mol. The molecule has 0 bridgehead atoms. The molecule has 0 fully saturated rings. The number of nitrogens with two attached hydrogens (primary N) is 1. The predicted octanol–water partition coefficient (Wildman–Crippen LogP) is 2.40. The Hall–Kier alpha value is -1.35. The second kappa shape index (κ2) is 6.55. The summed E-state index contributed by atoms with van der Waals surface area (Å²) < 4.78 is 0. The van der Waals surface area contributed by atoms with Gasteiger partial charge < -0.3 is 11.1 Å². The summed E-state index contributed by atoms with van der Waals surface area (Å²) in [6, 6.07) is 8.12. The van der Waals surface area contributed by atoms with Gasteiger partial charge in [0.05, 0.1) is 12.0 Å². The van der Waals surface area contributed by atoms with Gasteiger partial charge in [-0.1, -0.05) is 38.1 Å². The van der Waals surface area contributed by atoms with Crippen LogP contribution in [-0.2, 0) is 4.79 Å². The molecule has 1 aromatic rings. The number of hydrogen-bond acceptors (Lipinski definition) is 2. The van der Waals surface area contributed by atoms with Gasteiger partial charge >= 0.3 is 0 Å². The van der Waals surface area contributed by atoms with Crippen LogP contribution in [0.25, 0.3) is 0 Å². The van der Waals surface area contributed by atoms with E-state index in [0.29, 0.717) is 6.54 Å². The Morgan fingerprint density at radius 2 is 1.89 bits per heavy atom. The average molecular weight is 248 g/mol. The minimum Gasteiger partial charge on any atom is -0.349 e. The molecule has 0 heterocycles. The molecule has 0 aliphatic heterocycles. The van der Waals surface area contributed by atoms with Crippen LogP contribution in [0, 0.1) is 18.8 Å². The number of benzene rings is 1. The van der Waals surface area contributed by atoms with Crippen LogP contribution in [0.3, 0.4) is 0 Å². The number of amides is 1. The number of rotatable bonds is 5. The molecule has 0 radical (unpaired) electrons. The molecule has 3 N–H and O–H groups in total. The Morgan fingerprint density at radius 3 is 2.39 bits per heavy atom. The van der Waals surface area contributed by atoms with Crippen molar-refractivity contribution in [1.29, 1.82) is 0 Å². The molecule has 1 rings (SSSR count). The maximum Gasteiger partial charge on any atom is 0.225 e. The van der Waals surface area contributed by atoms with Gasteiger partial charge in [-0.05, 0) is 30.9 Å². The van der Waals surface area contributed by atoms with Crippen molar-refractivity contribution in [3.8, 4) is 0 Å². The molecular formula is C15H24N2O. The Morgan fingerprint density at radius 1 is 1.28 bits per heavy atom. The molecule has 0 saturated heterocycles. The van der Waals surface area contributed by atoms with E-state index in [0.717, 1.165) is 5.56 Å². The van der Waals surface area contributed by atoms with Crippen LogP contribution in [0.2, 0.25) is 0 Å². The van der Waals surface area contributed by atoms with Gasteiger partial charge in [0.25, 0.3) is 0 Å². The highest BCUT2D eigenvalue weighted by atomic mass is 16.2. The first-order chi connectivity index (χ1) is 8.47. The van der Waals surface area contributed by atoms with E-state index in [1.165, 1.54) is 5.56 Å². The van der Waals surface area contributed by atoms with Crippen LogP contribution in [0.15, 0.2) is 24.3 Å². The van der Waals surface area contributed by atoms with E-state index in [-0.39, 0.29) is 23.8 Å². The van der Waals surface area contributed by atoms with E-state index in [9.17, 15) is 4.79 Å². The van der Waals surface area contributed by atoms with Gasteiger partial charge in [-0.2, -0.15) is 0 Å². The molecule has 18 heavy (non-hydrogen) atoms. The lowest BCUT2D eigenvalue weighted by Crippen LogP contribution is -2.39. The summed E-state index contributed by atoms with van der Waals surface area (Å²) in [4.78, 5) is 12.1. The van der Waals surface area contributed by atoms with Gasteiger partial charge in [-0.25, -0.2) is 0 Å². The second-order valence-corrected chi connectivity index (χ2v) is 5.17. The Kier molecular flexibility index (Phi) is 5.35. The van der Waals surface area contributed by atoms with Crippen LogP contribution in [0.1, 0.15) is 37.9 Å². The molecule has 1 aromatic carbocycles. The normalized spacial score (nSPS) is 14.3. The summed E-state index contributed by atoms with van der Waals surface area (Å²) in [7, 11) is 0. The second-order valence-electron chi connectivity index (χ2n) is 5.17. The molecule has 0 spiro atoms. The highest BCUT2D eigenvalue weighted by Crippen LogP contribution is 2.18. The van der Waals surface area contributed by atoms with Gasteiger partial charge in [0.1, 0.15) is 0 Å². The highest BCUT2D eigenvalue weighted by Gasteiger charge is 2.22. The fourth-order valence-corrected chi connectivity index (χ4v) is 2.15. The van der Waals surface area contributed by atoms with E-state index >= 15 is 0 Å². The first-order valence-electron chi connectivity index (χ1n) is 6.53. The third-order valence-electron chi connectivity index (χ3n) is 3.41. The summed E-state index contributed by atoms with van der Waals surface area (Å²) >= 11 is 0. The molecule has 0 aliphatic rings. The molecule has 100 valence electrons. The first-order valence-corrected chi connectivity index (χ1v) is 6.53. The smallest absolute Gasteiger partial charge is 0.225 e. The summed E-state index contributed by atoms with van der Waals surface area (Å²) in [5.41, 5.74) is 8.01. The largest absolute Gasteiger partial charge is 0.349 e. The summed E-state index contributed by atoms with van der Waals surface area (Å²) in [6.07, 6.45) is 0. The minimum absolute atomic E-state index is 0.0199. The molecule has 3 nitrogen and oxygen atoms in total. The van der Waals surface area contributed by atoms with Crippen LogP contribution < -0.4 is 11.1 Å². The van der Waals surface area contributed by atoms with Crippen molar-refractivity contribution in [2.24, 2.45) is 17.6 Å². The number of carbonyl (C=O) groups excluding carboxylic acids is 1. The van der Waals surface area contributed by atoms with E-state index in [4.69, 9.17) is 5.73 Å². The van der Waals surface area contributed by atoms with E-state index in [2.05, 4.69) is 18.3 Å². The van der Waals surface area contributed by atoms with Crippen LogP contribution >= 0.6 is 0 Å². The van der Waals surface area contributed by atoms with Crippen molar-refractivity contribution >= 4 is 5.91 Å². The van der Waals surface area contributed by atoms with Gasteiger partial charge in [-0.3, -0.25) is 4.79 Å². The number of aryl methyl sites for hydroxylation is 1. The standard InChI is InChI=1S/C15H24N2O/c1-10(2)14(9-16)15(18)17-12(4)13-8-6-5-7-11(13)3/h5-8,10,12,14H,9,16H2,1-4H3,(H,17,18)/t12-,14?/m0/s1. The quantitative estimate of drug-likeness (QED) is 0.840. The third kappa shape index (κ3) is 3.57. The van der Waals surface area contributed by atoms with Crippen LogP contribution in [-0.4, -0.2) is 12.5 Å². The lowest BCUT2D eigenvalue weighted by atomic mass is 9.94. The molecule has 0 aliphatic carbocycles. The zero-order chi connectivity index (χ0) is 13.7. The fraction of sp³-hybridized carbons (Fsp3) is 0.533. The van der Waals surface area contributed by atoms with Gasteiger partial charge in [0.2, 0.25) is 5.91 Å². The molecule has 0 aromatic heterocycles. The zero-order valence-corrected chi connectivity index (χ0v) is 11.7. The van der Waals surface area contributed by atoms with Crippen molar-refractivity contribution in [1.82, 2.24) is 5.32 Å². The minimum atomic E-state index is -0.114. The van der Waals surface area contributed by atoms with Crippen molar-refractivity contribution in [3.63, 3.8) is 0 Å². The summed E-state index contributed by atoms with van der Waals surface area (Å²) in [5, 5.41) is 3.05. The lowest BCUT2D eigenvalue weighted by Gasteiger charge is -2.22. The summed E-state index contributed by atoms with van der Waals surface area (Å²) in [6.45, 7) is 8.50. The third-order valence-corrected chi connectivity index (χ3v) is 3.41. The zero-order valence-electron chi connectivity index (χ0n) is 11.7. The predicted molar refractivity (Wildman–Crippen MR) is 75.1 cm³/mol. The molecular weight excluding hydrogens is 224 g/mol. The summed E-state index contributed by atoms with van der Waals surface area (Å²) in [5.74, 6) is 0.193. The van der Waals surface area contributed by atoms with Gasteiger partial charge in [0.15, 0.2) is 0 Å². The maximum atomic E-state index is 12.1. The molecule has 0 saturated carbocycles. The fourth-order valence-electron chi connectivity index (χ4n) is 2.15. The van der Waals surface area contributed by atoms with Gasteiger partial charge in [0, 0.05) is 6.54 Å². The number of carbonyl (C=O) groups is 1. The molecule has 3 heteroatoms. The Bertz CT molecular complexity index is 401.